The Morgan fingerprint density at radius 1 is 1.09 bits per heavy atom. The van der Waals surface area contributed by atoms with Crippen LogP contribution >= 0.6 is 11.6 Å². The Hall–Kier alpha value is -2.05. The molecule has 0 aliphatic carbocycles. The van der Waals surface area contributed by atoms with E-state index in [4.69, 9.17) is 21.1 Å². The van der Waals surface area contributed by atoms with E-state index < -0.39 is 15.8 Å². The van der Waals surface area contributed by atoms with Crippen LogP contribution in [0.1, 0.15) is 6.92 Å². The zero-order valence-electron chi connectivity index (χ0n) is 12.4. The highest BCUT2D eigenvalue weighted by Crippen LogP contribution is 2.28. The fourth-order valence-corrected chi connectivity index (χ4v) is 3.49. The summed E-state index contributed by atoms with van der Waals surface area (Å²) in [5, 5.41) is 0.195. The van der Waals surface area contributed by atoms with Gasteiger partial charge in [0.2, 0.25) is 9.84 Å². The lowest BCUT2D eigenvalue weighted by molar-refractivity contribution is -0.145. The molecule has 2 aromatic rings. The number of rotatable bonds is 6. The van der Waals surface area contributed by atoms with Crippen molar-refractivity contribution in [2.75, 3.05) is 13.2 Å². The number of hydrogen-bond acceptors (Lipinski definition) is 5. The van der Waals surface area contributed by atoms with Crippen molar-refractivity contribution in [3.8, 4) is 5.75 Å². The molecule has 122 valence electrons. The molecule has 0 fully saturated rings. The Morgan fingerprint density at radius 3 is 2.43 bits per heavy atom. The lowest BCUT2D eigenvalue weighted by Gasteiger charge is -2.09. The van der Waals surface area contributed by atoms with Gasteiger partial charge in [-0.05, 0) is 37.3 Å². The minimum Gasteiger partial charge on any atom is -0.482 e. The predicted octanol–water partition coefficient (Wildman–Crippen LogP) is 3.11. The number of esters is 1. The van der Waals surface area contributed by atoms with Crippen molar-refractivity contribution in [2.45, 2.75) is 16.7 Å². The van der Waals surface area contributed by atoms with Crippen molar-refractivity contribution in [2.24, 2.45) is 0 Å². The number of carbonyl (C=O) groups excluding carboxylic acids is 1. The van der Waals surface area contributed by atoms with Gasteiger partial charge in [-0.25, -0.2) is 13.2 Å². The molecule has 0 N–H and O–H groups in total. The second kappa shape index (κ2) is 7.48. The third-order valence-corrected chi connectivity index (χ3v) is 4.84. The molecule has 0 atom stereocenters. The Bertz CT molecular complexity index is 787. The van der Waals surface area contributed by atoms with Gasteiger partial charge >= 0.3 is 5.97 Å². The van der Waals surface area contributed by atoms with E-state index in [1.54, 1.807) is 25.1 Å². The molecule has 2 rings (SSSR count). The van der Waals surface area contributed by atoms with E-state index in [-0.39, 0.29) is 33.8 Å². The van der Waals surface area contributed by atoms with Gasteiger partial charge in [-0.2, -0.15) is 0 Å². The molecule has 23 heavy (non-hydrogen) atoms. The zero-order valence-corrected chi connectivity index (χ0v) is 13.9. The van der Waals surface area contributed by atoms with Crippen molar-refractivity contribution in [3.63, 3.8) is 0 Å². The van der Waals surface area contributed by atoms with Gasteiger partial charge in [0.15, 0.2) is 6.61 Å². The van der Waals surface area contributed by atoms with Crippen LogP contribution < -0.4 is 4.74 Å². The molecule has 0 aliphatic heterocycles. The minimum absolute atomic E-state index is 0.00458. The summed E-state index contributed by atoms with van der Waals surface area (Å²) >= 11 is 5.96. The van der Waals surface area contributed by atoms with Crippen molar-refractivity contribution in [1.29, 1.82) is 0 Å². The molecule has 0 bridgehead atoms. The van der Waals surface area contributed by atoms with Gasteiger partial charge in [0.25, 0.3) is 0 Å². The van der Waals surface area contributed by atoms with Crippen molar-refractivity contribution in [1.82, 2.24) is 0 Å². The van der Waals surface area contributed by atoms with E-state index in [0.29, 0.717) is 0 Å². The van der Waals surface area contributed by atoms with E-state index in [1.165, 1.54) is 30.3 Å². The molecule has 0 aromatic heterocycles. The molecule has 7 heteroatoms. The van der Waals surface area contributed by atoms with Gasteiger partial charge in [0.05, 0.1) is 16.4 Å². The Morgan fingerprint density at radius 2 is 1.78 bits per heavy atom. The highest BCUT2D eigenvalue weighted by atomic mass is 35.5. The zero-order chi connectivity index (χ0) is 16.9. The average Bonchev–Trinajstić information content (AvgIpc) is 2.53. The Labute approximate surface area is 139 Å². The first kappa shape index (κ1) is 17.3. The lowest BCUT2D eigenvalue weighted by atomic mass is 10.3. The molecule has 0 heterocycles. The SMILES string of the molecule is CCOC(=O)COc1cc(Cl)cc(S(=O)(=O)c2ccccc2)c1. The van der Waals surface area contributed by atoms with Crippen LogP contribution in [0, 0.1) is 0 Å². The number of hydrogen-bond donors (Lipinski definition) is 0. The number of halogens is 1. The maximum atomic E-state index is 12.6. The average molecular weight is 355 g/mol. The Kier molecular flexibility index (Phi) is 5.63. The predicted molar refractivity (Wildman–Crippen MR) is 85.5 cm³/mol. The topological polar surface area (TPSA) is 69.7 Å². The van der Waals surface area contributed by atoms with Gasteiger partial charge in [-0.1, -0.05) is 29.8 Å². The maximum absolute atomic E-state index is 12.6. The molecule has 0 spiro atoms. The smallest absolute Gasteiger partial charge is 0.344 e. The summed E-state index contributed by atoms with van der Waals surface area (Å²) in [4.78, 5) is 11.5. The molecule has 0 aliphatic rings. The maximum Gasteiger partial charge on any atom is 0.344 e. The summed E-state index contributed by atoms with van der Waals surface area (Å²) in [7, 11) is -3.71. The molecule has 5 nitrogen and oxygen atoms in total. The van der Waals surface area contributed by atoms with Gasteiger partial charge in [-0.15, -0.1) is 0 Å². The monoisotopic (exact) mass is 354 g/mol. The molecular formula is C16H15ClO5S. The lowest BCUT2D eigenvalue weighted by Crippen LogP contribution is -2.14. The molecule has 0 radical (unpaired) electrons. The second-order valence-corrected chi connectivity index (χ2v) is 6.92. The summed E-state index contributed by atoms with van der Waals surface area (Å²) < 4.78 is 35.1. The van der Waals surface area contributed by atoms with Crippen LogP contribution in [-0.4, -0.2) is 27.6 Å². The first-order valence-electron chi connectivity index (χ1n) is 6.82. The number of benzene rings is 2. The van der Waals surface area contributed by atoms with E-state index in [0.717, 1.165) is 0 Å². The second-order valence-electron chi connectivity index (χ2n) is 4.53. The molecule has 0 saturated carbocycles. The van der Waals surface area contributed by atoms with Crippen LogP contribution in [0.4, 0.5) is 0 Å². The third-order valence-electron chi connectivity index (χ3n) is 2.87. The quantitative estimate of drug-likeness (QED) is 0.745. The first-order valence-corrected chi connectivity index (χ1v) is 8.68. The summed E-state index contributed by atoms with van der Waals surface area (Å²) in [6.07, 6.45) is 0. The standard InChI is InChI=1S/C16H15ClO5S/c1-2-21-16(18)11-22-13-8-12(17)9-15(10-13)23(19,20)14-6-4-3-5-7-14/h3-10H,2,11H2,1H3. The largest absolute Gasteiger partial charge is 0.482 e. The summed E-state index contributed by atoms with van der Waals surface area (Å²) in [5.41, 5.74) is 0. The van der Waals surface area contributed by atoms with Crippen molar-refractivity contribution < 1.29 is 22.7 Å². The number of carbonyl (C=O) groups is 1. The summed E-state index contributed by atoms with van der Waals surface area (Å²) in [5.74, 6) is -0.361. The van der Waals surface area contributed by atoms with Crippen LogP contribution in [0.25, 0.3) is 0 Å². The van der Waals surface area contributed by atoms with E-state index >= 15 is 0 Å². The summed E-state index contributed by atoms with van der Waals surface area (Å²) in [6.45, 7) is 1.60. The van der Waals surface area contributed by atoms with E-state index in [2.05, 4.69) is 0 Å². The third kappa shape index (κ3) is 4.46. The fraction of sp³-hybridized carbons (Fsp3) is 0.188. The normalized spacial score (nSPS) is 11.0. The van der Waals surface area contributed by atoms with Crippen LogP contribution in [0.5, 0.6) is 5.75 Å². The molecule has 0 unspecified atom stereocenters. The van der Waals surface area contributed by atoms with E-state index in [9.17, 15) is 13.2 Å². The van der Waals surface area contributed by atoms with Crippen molar-refractivity contribution >= 4 is 27.4 Å². The number of sulfone groups is 1. The number of ether oxygens (including phenoxy) is 2. The van der Waals surface area contributed by atoms with Crippen molar-refractivity contribution in [3.05, 3.63) is 53.6 Å². The van der Waals surface area contributed by atoms with Gasteiger partial charge < -0.3 is 9.47 Å². The van der Waals surface area contributed by atoms with Gasteiger partial charge in [0.1, 0.15) is 5.75 Å². The highest BCUT2D eigenvalue weighted by Gasteiger charge is 2.19. The first-order chi connectivity index (χ1) is 10.9. The molecular weight excluding hydrogens is 340 g/mol. The molecule has 2 aromatic carbocycles. The molecule has 0 amide bonds. The minimum atomic E-state index is -3.71. The van der Waals surface area contributed by atoms with Crippen LogP contribution in [-0.2, 0) is 19.4 Å². The fourth-order valence-electron chi connectivity index (χ4n) is 1.86. The van der Waals surface area contributed by atoms with E-state index in [1.807, 2.05) is 0 Å². The van der Waals surface area contributed by atoms with Crippen LogP contribution in [0.3, 0.4) is 0 Å². The molecule has 0 saturated heterocycles. The Balaban J connectivity index is 2.29. The summed E-state index contributed by atoms with van der Waals surface area (Å²) in [6, 6.07) is 12.1. The van der Waals surface area contributed by atoms with Crippen LogP contribution in [0.15, 0.2) is 58.3 Å². The van der Waals surface area contributed by atoms with Gasteiger partial charge in [-0.3, -0.25) is 0 Å². The highest BCUT2D eigenvalue weighted by molar-refractivity contribution is 7.91. The van der Waals surface area contributed by atoms with Gasteiger partial charge in [0, 0.05) is 5.02 Å². The van der Waals surface area contributed by atoms with Crippen LogP contribution in [0.2, 0.25) is 5.02 Å².